The molecule has 1 aliphatic carbocycles. The standard InChI is InChI=1S/C13H25Cl/c1-4-6-7-12(5-2)10-13(8-9-13)11(3)14/h11-12H,4-10H2,1-3H3. The summed E-state index contributed by atoms with van der Waals surface area (Å²) in [6.07, 6.45) is 9.61. The lowest BCUT2D eigenvalue weighted by Crippen LogP contribution is -2.17. The maximum absolute atomic E-state index is 6.27. The summed E-state index contributed by atoms with van der Waals surface area (Å²) in [6, 6.07) is 0. The van der Waals surface area contributed by atoms with Gasteiger partial charge in [-0.3, -0.25) is 0 Å². The molecular formula is C13H25Cl. The van der Waals surface area contributed by atoms with E-state index in [9.17, 15) is 0 Å². The van der Waals surface area contributed by atoms with E-state index in [1.54, 1.807) is 0 Å². The molecule has 84 valence electrons. The molecule has 0 amide bonds. The summed E-state index contributed by atoms with van der Waals surface area (Å²) in [5.74, 6) is 0.929. The van der Waals surface area contributed by atoms with Crippen molar-refractivity contribution in [1.82, 2.24) is 0 Å². The first-order valence-corrected chi connectivity index (χ1v) is 6.72. The SMILES string of the molecule is CCCCC(CC)CC1(C(C)Cl)CC1. The lowest BCUT2D eigenvalue weighted by Gasteiger charge is -2.24. The Morgan fingerprint density at radius 3 is 2.29 bits per heavy atom. The topological polar surface area (TPSA) is 0 Å². The van der Waals surface area contributed by atoms with Crippen LogP contribution in [0.3, 0.4) is 0 Å². The Balaban J connectivity index is 2.32. The third-order valence-electron chi connectivity index (χ3n) is 3.97. The maximum atomic E-state index is 6.27. The normalized spacial score (nSPS) is 23.1. The third kappa shape index (κ3) is 3.15. The summed E-state index contributed by atoms with van der Waals surface area (Å²) in [4.78, 5) is 0. The van der Waals surface area contributed by atoms with Crippen molar-refractivity contribution in [3.63, 3.8) is 0 Å². The summed E-state index contributed by atoms with van der Waals surface area (Å²) in [7, 11) is 0. The molecule has 0 nitrogen and oxygen atoms in total. The van der Waals surface area contributed by atoms with Gasteiger partial charge in [-0.05, 0) is 37.5 Å². The molecule has 0 aromatic carbocycles. The molecule has 0 spiro atoms. The fourth-order valence-corrected chi connectivity index (χ4v) is 2.75. The van der Waals surface area contributed by atoms with Gasteiger partial charge in [-0.25, -0.2) is 0 Å². The molecule has 0 aromatic heterocycles. The summed E-state index contributed by atoms with van der Waals surface area (Å²) < 4.78 is 0. The highest BCUT2D eigenvalue weighted by Gasteiger charge is 2.47. The van der Waals surface area contributed by atoms with Gasteiger partial charge in [0.15, 0.2) is 0 Å². The quantitative estimate of drug-likeness (QED) is 0.526. The van der Waals surface area contributed by atoms with Crippen LogP contribution >= 0.6 is 11.6 Å². The van der Waals surface area contributed by atoms with E-state index in [1.807, 2.05) is 0 Å². The van der Waals surface area contributed by atoms with Crippen molar-refractivity contribution in [3.05, 3.63) is 0 Å². The largest absolute Gasteiger partial charge is 0.123 e. The summed E-state index contributed by atoms with van der Waals surface area (Å²) >= 11 is 6.27. The molecule has 14 heavy (non-hydrogen) atoms. The van der Waals surface area contributed by atoms with E-state index in [2.05, 4.69) is 20.8 Å². The van der Waals surface area contributed by atoms with Crippen molar-refractivity contribution in [2.45, 2.75) is 71.1 Å². The van der Waals surface area contributed by atoms with Crippen LogP contribution in [0.2, 0.25) is 0 Å². The number of hydrogen-bond donors (Lipinski definition) is 0. The number of halogens is 1. The molecule has 1 heteroatoms. The van der Waals surface area contributed by atoms with Gasteiger partial charge in [0.2, 0.25) is 0 Å². The number of hydrogen-bond acceptors (Lipinski definition) is 0. The molecule has 0 heterocycles. The molecule has 0 saturated heterocycles. The lowest BCUT2D eigenvalue weighted by molar-refractivity contribution is 0.317. The second-order valence-corrected chi connectivity index (χ2v) is 5.75. The predicted molar refractivity (Wildman–Crippen MR) is 64.9 cm³/mol. The van der Waals surface area contributed by atoms with Crippen LogP contribution in [0.5, 0.6) is 0 Å². The fraction of sp³-hybridized carbons (Fsp3) is 1.00. The zero-order valence-electron chi connectivity index (χ0n) is 9.98. The molecular weight excluding hydrogens is 192 g/mol. The Morgan fingerprint density at radius 1 is 1.29 bits per heavy atom. The first-order chi connectivity index (χ1) is 6.64. The fourth-order valence-electron chi connectivity index (χ4n) is 2.44. The molecule has 1 saturated carbocycles. The van der Waals surface area contributed by atoms with Crippen LogP contribution in [0.25, 0.3) is 0 Å². The van der Waals surface area contributed by atoms with Gasteiger partial charge in [-0.1, -0.05) is 39.5 Å². The molecule has 2 atom stereocenters. The minimum Gasteiger partial charge on any atom is -0.123 e. The van der Waals surface area contributed by atoms with Crippen molar-refractivity contribution < 1.29 is 0 Å². The van der Waals surface area contributed by atoms with Gasteiger partial charge in [0.05, 0.1) is 0 Å². The molecule has 0 N–H and O–H groups in total. The van der Waals surface area contributed by atoms with Crippen molar-refractivity contribution in [3.8, 4) is 0 Å². The Labute approximate surface area is 94.4 Å². The van der Waals surface area contributed by atoms with Gasteiger partial charge in [-0.15, -0.1) is 11.6 Å². The highest BCUT2D eigenvalue weighted by atomic mass is 35.5. The van der Waals surface area contributed by atoms with E-state index < -0.39 is 0 Å². The molecule has 0 aliphatic heterocycles. The number of unbranched alkanes of at least 4 members (excludes halogenated alkanes) is 1. The average Bonchev–Trinajstić information content (AvgIpc) is 2.93. The highest BCUT2D eigenvalue weighted by Crippen LogP contribution is 2.56. The van der Waals surface area contributed by atoms with Crippen molar-refractivity contribution in [1.29, 1.82) is 0 Å². The molecule has 1 fully saturated rings. The maximum Gasteiger partial charge on any atom is 0.0364 e. The Bertz CT molecular complexity index is 159. The van der Waals surface area contributed by atoms with Gasteiger partial charge in [0.1, 0.15) is 0 Å². The average molecular weight is 217 g/mol. The minimum atomic E-state index is 0.387. The Morgan fingerprint density at radius 2 is 1.93 bits per heavy atom. The zero-order chi connectivity index (χ0) is 10.6. The first kappa shape index (κ1) is 12.4. The molecule has 1 aliphatic rings. The van der Waals surface area contributed by atoms with Crippen LogP contribution in [-0.2, 0) is 0 Å². The smallest absolute Gasteiger partial charge is 0.0364 e. The number of rotatable bonds is 7. The van der Waals surface area contributed by atoms with Crippen LogP contribution in [0.1, 0.15) is 65.7 Å². The van der Waals surface area contributed by atoms with Crippen molar-refractivity contribution in [2.75, 3.05) is 0 Å². The second kappa shape index (κ2) is 5.39. The van der Waals surface area contributed by atoms with Gasteiger partial charge < -0.3 is 0 Å². The summed E-state index contributed by atoms with van der Waals surface area (Å²) in [5.41, 5.74) is 0.538. The summed E-state index contributed by atoms with van der Waals surface area (Å²) in [5, 5.41) is 0.387. The van der Waals surface area contributed by atoms with Crippen LogP contribution in [0, 0.1) is 11.3 Å². The van der Waals surface area contributed by atoms with Crippen LogP contribution in [0.4, 0.5) is 0 Å². The van der Waals surface area contributed by atoms with Gasteiger partial charge in [-0.2, -0.15) is 0 Å². The van der Waals surface area contributed by atoms with Crippen molar-refractivity contribution in [2.24, 2.45) is 11.3 Å². The Hall–Kier alpha value is 0.290. The van der Waals surface area contributed by atoms with Gasteiger partial charge in [0, 0.05) is 5.38 Å². The van der Waals surface area contributed by atoms with E-state index in [1.165, 1.54) is 44.9 Å². The zero-order valence-corrected chi connectivity index (χ0v) is 10.7. The molecule has 0 aromatic rings. The second-order valence-electron chi connectivity index (χ2n) is 5.10. The molecule has 0 radical (unpaired) electrons. The summed E-state index contributed by atoms with van der Waals surface area (Å²) in [6.45, 7) is 6.79. The Kier molecular flexibility index (Phi) is 4.76. The molecule has 1 rings (SSSR count). The monoisotopic (exact) mass is 216 g/mol. The van der Waals surface area contributed by atoms with E-state index >= 15 is 0 Å². The third-order valence-corrected chi connectivity index (χ3v) is 4.44. The van der Waals surface area contributed by atoms with Gasteiger partial charge in [0.25, 0.3) is 0 Å². The predicted octanol–water partition coefficient (Wildman–Crippen LogP) is 5.00. The minimum absolute atomic E-state index is 0.387. The highest BCUT2D eigenvalue weighted by molar-refractivity contribution is 6.21. The van der Waals surface area contributed by atoms with Gasteiger partial charge >= 0.3 is 0 Å². The van der Waals surface area contributed by atoms with E-state index in [0.717, 1.165) is 5.92 Å². The van der Waals surface area contributed by atoms with Crippen LogP contribution < -0.4 is 0 Å². The van der Waals surface area contributed by atoms with Crippen molar-refractivity contribution >= 4 is 11.6 Å². The number of alkyl halides is 1. The van der Waals surface area contributed by atoms with E-state index in [-0.39, 0.29) is 0 Å². The van der Waals surface area contributed by atoms with E-state index in [4.69, 9.17) is 11.6 Å². The molecule has 0 bridgehead atoms. The van der Waals surface area contributed by atoms with Crippen LogP contribution in [0.15, 0.2) is 0 Å². The first-order valence-electron chi connectivity index (χ1n) is 6.28. The molecule has 2 unspecified atom stereocenters. The lowest BCUT2D eigenvalue weighted by atomic mass is 9.85. The van der Waals surface area contributed by atoms with E-state index in [0.29, 0.717) is 10.8 Å². The van der Waals surface area contributed by atoms with Crippen LogP contribution in [-0.4, -0.2) is 5.38 Å².